The highest BCUT2D eigenvalue weighted by molar-refractivity contribution is 5.11. The SMILES string of the molecule is Cc1ccc(CON)cn1. The molecule has 10 heavy (non-hydrogen) atoms. The summed E-state index contributed by atoms with van der Waals surface area (Å²) in [7, 11) is 0. The van der Waals surface area contributed by atoms with Crippen LogP contribution in [0.2, 0.25) is 0 Å². The largest absolute Gasteiger partial charge is 0.300 e. The summed E-state index contributed by atoms with van der Waals surface area (Å²) in [5.41, 5.74) is 1.99. The minimum atomic E-state index is 0.424. The normalized spacial score (nSPS) is 9.80. The fourth-order valence-electron chi connectivity index (χ4n) is 0.680. The Kier molecular flexibility index (Phi) is 2.36. The van der Waals surface area contributed by atoms with Gasteiger partial charge in [-0.1, -0.05) is 6.07 Å². The van der Waals surface area contributed by atoms with Gasteiger partial charge < -0.3 is 0 Å². The maximum Gasteiger partial charge on any atom is 0.0944 e. The zero-order chi connectivity index (χ0) is 7.40. The standard InChI is InChI=1S/C7H10N2O/c1-6-2-3-7(4-9-6)5-10-8/h2-4H,5,8H2,1H3. The van der Waals surface area contributed by atoms with Gasteiger partial charge in [0.1, 0.15) is 0 Å². The zero-order valence-corrected chi connectivity index (χ0v) is 5.87. The van der Waals surface area contributed by atoms with Crippen molar-refractivity contribution in [3.05, 3.63) is 29.6 Å². The molecule has 0 spiro atoms. The van der Waals surface area contributed by atoms with E-state index in [0.29, 0.717) is 6.61 Å². The van der Waals surface area contributed by atoms with E-state index in [1.165, 1.54) is 0 Å². The zero-order valence-electron chi connectivity index (χ0n) is 5.87. The fraction of sp³-hybridized carbons (Fsp3) is 0.286. The minimum absolute atomic E-state index is 0.424. The number of nitrogens with zero attached hydrogens (tertiary/aromatic N) is 1. The number of hydrogen-bond acceptors (Lipinski definition) is 3. The summed E-state index contributed by atoms with van der Waals surface area (Å²) >= 11 is 0. The van der Waals surface area contributed by atoms with Gasteiger partial charge >= 0.3 is 0 Å². The number of rotatable bonds is 2. The summed E-state index contributed by atoms with van der Waals surface area (Å²) < 4.78 is 0. The number of aryl methyl sites for hydroxylation is 1. The van der Waals surface area contributed by atoms with Gasteiger partial charge in [0.15, 0.2) is 0 Å². The van der Waals surface area contributed by atoms with Crippen molar-refractivity contribution in [1.29, 1.82) is 0 Å². The van der Waals surface area contributed by atoms with Gasteiger partial charge in [-0.05, 0) is 18.6 Å². The first-order valence-electron chi connectivity index (χ1n) is 3.06. The van der Waals surface area contributed by atoms with Crippen molar-refractivity contribution in [2.45, 2.75) is 13.5 Å². The third-order valence-electron chi connectivity index (χ3n) is 1.22. The van der Waals surface area contributed by atoms with E-state index in [2.05, 4.69) is 9.82 Å². The van der Waals surface area contributed by atoms with E-state index >= 15 is 0 Å². The van der Waals surface area contributed by atoms with Crippen molar-refractivity contribution in [3.63, 3.8) is 0 Å². The van der Waals surface area contributed by atoms with Gasteiger partial charge in [0, 0.05) is 11.9 Å². The van der Waals surface area contributed by atoms with Crippen LogP contribution in [0, 0.1) is 6.92 Å². The lowest BCUT2D eigenvalue weighted by Gasteiger charge is -1.96. The molecule has 1 heterocycles. The highest BCUT2D eigenvalue weighted by Gasteiger charge is 1.89. The lowest BCUT2D eigenvalue weighted by Crippen LogP contribution is -1.99. The van der Waals surface area contributed by atoms with E-state index in [4.69, 9.17) is 5.90 Å². The second-order valence-electron chi connectivity index (χ2n) is 2.12. The molecule has 0 aromatic carbocycles. The Balaban J connectivity index is 2.69. The van der Waals surface area contributed by atoms with Crippen LogP contribution in [0.1, 0.15) is 11.3 Å². The summed E-state index contributed by atoms with van der Waals surface area (Å²) in [6, 6.07) is 3.86. The molecule has 0 bridgehead atoms. The van der Waals surface area contributed by atoms with E-state index in [-0.39, 0.29) is 0 Å². The summed E-state index contributed by atoms with van der Waals surface area (Å²) in [5.74, 6) is 4.87. The van der Waals surface area contributed by atoms with Gasteiger partial charge in [-0.25, -0.2) is 5.90 Å². The Labute approximate surface area is 59.8 Å². The Morgan fingerprint density at radius 1 is 1.60 bits per heavy atom. The third kappa shape index (κ3) is 1.79. The van der Waals surface area contributed by atoms with Gasteiger partial charge in [-0.15, -0.1) is 0 Å². The molecule has 0 amide bonds. The maximum absolute atomic E-state index is 4.87. The molecule has 1 aromatic rings. The van der Waals surface area contributed by atoms with Crippen LogP contribution in [-0.4, -0.2) is 4.98 Å². The van der Waals surface area contributed by atoms with Gasteiger partial charge in [-0.3, -0.25) is 9.82 Å². The molecule has 0 radical (unpaired) electrons. The van der Waals surface area contributed by atoms with Crippen molar-refractivity contribution >= 4 is 0 Å². The molecule has 3 heteroatoms. The first kappa shape index (κ1) is 7.18. The first-order chi connectivity index (χ1) is 4.83. The molecule has 54 valence electrons. The van der Waals surface area contributed by atoms with E-state index in [0.717, 1.165) is 11.3 Å². The maximum atomic E-state index is 4.87. The molecule has 0 aliphatic carbocycles. The number of hydrogen-bond donors (Lipinski definition) is 1. The summed E-state index contributed by atoms with van der Waals surface area (Å²) in [6.45, 7) is 2.36. The van der Waals surface area contributed by atoms with Gasteiger partial charge in [0.2, 0.25) is 0 Å². The van der Waals surface area contributed by atoms with Crippen molar-refractivity contribution < 1.29 is 4.84 Å². The van der Waals surface area contributed by atoms with Crippen molar-refractivity contribution in [1.82, 2.24) is 4.98 Å². The highest BCUT2D eigenvalue weighted by atomic mass is 16.6. The fourth-order valence-corrected chi connectivity index (χ4v) is 0.680. The van der Waals surface area contributed by atoms with Crippen LogP contribution in [0.25, 0.3) is 0 Å². The molecule has 3 nitrogen and oxygen atoms in total. The van der Waals surface area contributed by atoms with Crippen molar-refractivity contribution in [2.75, 3.05) is 0 Å². The predicted molar refractivity (Wildman–Crippen MR) is 38.0 cm³/mol. The first-order valence-corrected chi connectivity index (χ1v) is 3.06. The molecular weight excluding hydrogens is 128 g/mol. The van der Waals surface area contributed by atoms with Crippen LogP contribution < -0.4 is 5.90 Å². The van der Waals surface area contributed by atoms with Crippen LogP contribution in [0.15, 0.2) is 18.3 Å². The smallest absolute Gasteiger partial charge is 0.0944 e. The van der Waals surface area contributed by atoms with E-state index in [1.54, 1.807) is 6.20 Å². The van der Waals surface area contributed by atoms with Crippen LogP contribution >= 0.6 is 0 Å². The average molecular weight is 138 g/mol. The molecule has 0 atom stereocenters. The lowest BCUT2D eigenvalue weighted by molar-refractivity contribution is 0.124. The van der Waals surface area contributed by atoms with E-state index in [1.807, 2.05) is 19.1 Å². The van der Waals surface area contributed by atoms with Crippen molar-refractivity contribution in [3.8, 4) is 0 Å². The second-order valence-corrected chi connectivity index (χ2v) is 2.12. The lowest BCUT2D eigenvalue weighted by atomic mass is 10.3. The topological polar surface area (TPSA) is 48.1 Å². The molecule has 2 N–H and O–H groups in total. The van der Waals surface area contributed by atoms with Gasteiger partial charge in [0.25, 0.3) is 0 Å². The molecule has 1 rings (SSSR count). The molecule has 0 saturated heterocycles. The van der Waals surface area contributed by atoms with Gasteiger partial charge in [0.05, 0.1) is 6.61 Å². The monoisotopic (exact) mass is 138 g/mol. The van der Waals surface area contributed by atoms with Crippen molar-refractivity contribution in [2.24, 2.45) is 5.90 Å². The molecular formula is C7H10N2O. The Morgan fingerprint density at radius 2 is 2.40 bits per heavy atom. The quantitative estimate of drug-likeness (QED) is 0.614. The van der Waals surface area contributed by atoms with Crippen LogP contribution in [0.5, 0.6) is 0 Å². The molecule has 0 aliphatic heterocycles. The van der Waals surface area contributed by atoms with E-state index in [9.17, 15) is 0 Å². The molecule has 0 aliphatic rings. The molecule has 0 fully saturated rings. The average Bonchev–Trinajstić information content (AvgIpc) is 1.95. The van der Waals surface area contributed by atoms with E-state index < -0.39 is 0 Å². The Bertz CT molecular complexity index is 195. The minimum Gasteiger partial charge on any atom is -0.300 e. The molecule has 0 saturated carbocycles. The Morgan fingerprint density at radius 3 is 2.90 bits per heavy atom. The summed E-state index contributed by atoms with van der Waals surface area (Å²) in [6.07, 6.45) is 1.75. The van der Waals surface area contributed by atoms with Crippen LogP contribution in [-0.2, 0) is 11.4 Å². The van der Waals surface area contributed by atoms with Gasteiger partial charge in [-0.2, -0.15) is 0 Å². The van der Waals surface area contributed by atoms with Crippen LogP contribution in [0.4, 0.5) is 0 Å². The predicted octanol–water partition coefficient (Wildman–Crippen LogP) is 0.780. The second kappa shape index (κ2) is 3.29. The third-order valence-corrected chi connectivity index (χ3v) is 1.22. The summed E-state index contributed by atoms with van der Waals surface area (Å²) in [4.78, 5) is 8.49. The highest BCUT2D eigenvalue weighted by Crippen LogP contribution is 1.98. The molecule has 0 unspecified atom stereocenters. The number of pyridine rings is 1. The molecule has 1 aromatic heterocycles. The summed E-state index contributed by atoms with van der Waals surface area (Å²) in [5, 5.41) is 0. The number of nitrogens with two attached hydrogens (primary N) is 1. The van der Waals surface area contributed by atoms with Crippen LogP contribution in [0.3, 0.4) is 0 Å². The Hall–Kier alpha value is -0.930. The number of aromatic nitrogens is 1.